The molecule has 0 saturated carbocycles. The van der Waals surface area contributed by atoms with Crippen LogP contribution in [0, 0.1) is 0 Å². The molecule has 3 atom stereocenters. The number of aliphatic hydroxyl groups excluding tert-OH is 3. The van der Waals surface area contributed by atoms with Crippen molar-refractivity contribution in [3.05, 3.63) is 53.6 Å². The van der Waals surface area contributed by atoms with Crippen molar-refractivity contribution >= 4 is 0 Å². The molecule has 26 heavy (non-hydrogen) atoms. The molecule has 5 N–H and O–H groups in total. The number of methoxy groups -OCH3 is 1. The Bertz CT molecular complexity index is 685. The van der Waals surface area contributed by atoms with Gasteiger partial charge in [-0.1, -0.05) is 18.2 Å². The highest BCUT2D eigenvalue weighted by molar-refractivity contribution is 5.41. The zero-order chi connectivity index (χ0) is 19.1. The van der Waals surface area contributed by atoms with Crippen LogP contribution in [0.3, 0.4) is 0 Å². The number of ether oxygens (including phenoxy) is 1. The Labute approximate surface area is 152 Å². The fraction of sp³-hybridized carbons (Fsp3) is 0.400. The van der Waals surface area contributed by atoms with Crippen LogP contribution in [0.1, 0.15) is 24.0 Å². The molecule has 0 aliphatic rings. The zero-order valence-corrected chi connectivity index (χ0v) is 14.7. The quantitative estimate of drug-likeness (QED) is 0.465. The van der Waals surface area contributed by atoms with Crippen molar-refractivity contribution in [1.82, 2.24) is 0 Å². The van der Waals surface area contributed by atoms with E-state index in [4.69, 9.17) is 4.74 Å². The van der Waals surface area contributed by atoms with Crippen molar-refractivity contribution in [2.45, 2.75) is 44.0 Å². The van der Waals surface area contributed by atoms with Gasteiger partial charge in [-0.15, -0.1) is 0 Å². The molecule has 0 aliphatic carbocycles. The number of benzene rings is 2. The summed E-state index contributed by atoms with van der Waals surface area (Å²) in [5.74, 6) is 0.580. The first kappa shape index (κ1) is 20.0. The first-order valence-electron chi connectivity index (χ1n) is 8.57. The number of phenolic OH excluding ortho intramolecular Hbond substituents is 2. The van der Waals surface area contributed by atoms with Gasteiger partial charge in [-0.25, -0.2) is 0 Å². The van der Waals surface area contributed by atoms with E-state index in [0.29, 0.717) is 18.6 Å². The summed E-state index contributed by atoms with van der Waals surface area (Å²) in [5, 5.41) is 49.2. The molecule has 2 rings (SSSR count). The predicted molar refractivity (Wildman–Crippen MR) is 97.4 cm³/mol. The minimum absolute atomic E-state index is 0.0598. The first-order chi connectivity index (χ1) is 12.4. The van der Waals surface area contributed by atoms with Crippen LogP contribution >= 0.6 is 0 Å². The summed E-state index contributed by atoms with van der Waals surface area (Å²) in [4.78, 5) is 0. The van der Waals surface area contributed by atoms with E-state index in [9.17, 15) is 25.5 Å². The van der Waals surface area contributed by atoms with E-state index < -0.39 is 18.3 Å². The molecule has 2 aromatic rings. The standard InChI is InChI=1S/C20H26O6/c1-26-20-11-14(5-9-17(20)23)4-8-16(22)12-19(25)18(24)10-13-2-6-15(21)7-3-13/h2-3,5-7,9,11,16,18-19,21-25H,4,8,10,12H2,1H3. The molecule has 0 fully saturated rings. The van der Waals surface area contributed by atoms with E-state index in [-0.39, 0.29) is 24.3 Å². The summed E-state index contributed by atoms with van der Waals surface area (Å²) in [7, 11) is 1.47. The van der Waals surface area contributed by atoms with Gasteiger partial charge in [0.25, 0.3) is 0 Å². The topological polar surface area (TPSA) is 110 Å². The molecule has 0 aliphatic heterocycles. The molecule has 0 bridgehead atoms. The highest BCUT2D eigenvalue weighted by atomic mass is 16.5. The zero-order valence-electron chi connectivity index (χ0n) is 14.7. The number of aromatic hydroxyl groups is 2. The third-order valence-corrected chi connectivity index (χ3v) is 4.35. The maximum absolute atomic E-state index is 10.1. The molecule has 6 nitrogen and oxygen atoms in total. The molecule has 0 spiro atoms. The van der Waals surface area contributed by atoms with E-state index in [1.165, 1.54) is 25.3 Å². The Kier molecular flexibility index (Phi) is 7.26. The Morgan fingerprint density at radius 2 is 1.54 bits per heavy atom. The van der Waals surface area contributed by atoms with Crippen LogP contribution in [-0.4, -0.2) is 51.0 Å². The maximum atomic E-state index is 10.1. The average molecular weight is 362 g/mol. The molecule has 2 aromatic carbocycles. The molecule has 0 aromatic heterocycles. The molecular weight excluding hydrogens is 336 g/mol. The van der Waals surface area contributed by atoms with E-state index in [1.807, 2.05) is 0 Å². The van der Waals surface area contributed by atoms with Crippen molar-refractivity contribution in [3.63, 3.8) is 0 Å². The Hall–Kier alpha value is -2.28. The van der Waals surface area contributed by atoms with Gasteiger partial charge in [0, 0.05) is 12.8 Å². The number of hydrogen-bond acceptors (Lipinski definition) is 6. The normalized spacial score (nSPS) is 14.6. The molecule has 142 valence electrons. The summed E-state index contributed by atoms with van der Waals surface area (Å²) in [6.45, 7) is 0. The van der Waals surface area contributed by atoms with Gasteiger partial charge in [-0.2, -0.15) is 0 Å². The second kappa shape index (κ2) is 9.43. The highest BCUT2D eigenvalue weighted by Gasteiger charge is 2.20. The third kappa shape index (κ3) is 5.91. The van der Waals surface area contributed by atoms with E-state index >= 15 is 0 Å². The van der Waals surface area contributed by atoms with E-state index in [2.05, 4.69) is 0 Å². The lowest BCUT2D eigenvalue weighted by Crippen LogP contribution is -2.31. The van der Waals surface area contributed by atoms with Gasteiger partial charge in [0.05, 0.1) is 25.4 Å². The average Bonchev–Trinajstić information content (AvgIpc) is 2.62. The largest absolute Gasteiger partial charge is 0.508 e. The van der Waals surface area contributed by atoms with Gasteiger partial charge in [0.1, 0.15) is 5.75 Å². The van der Waals surface area contributed by atoms with E-state index in [0.717, 1.165) is 11.1 Å². The monoisotopic (exact) mass is 362 g/mol. The summed E-state index contributed by atoms with van der Waals surface area (Å²) in [6.07, 6.45) is -1.54. The Balaban J connectivity index is 1.80. The number of aliphatic hydroxyl groups is 3. The number of hydrogen-bond donors (Lipinski definition) is 5. The molecule has 0 amide bonds. The minimum atomic E-state index is -1.05. The fourth-order valence-corrected chi connectivity index (χ4v) is 2.77. The number of aryl methyl sites for hydroxylation is 1. The molecular formula is C20H26O6. The highest BCUT2D eigenvalue weighted by Crippen LogP contribution is 2.27. The SMILES string of the molecule is COc1cc(CCC(O)CC(O)C(O)Cc2ccc(O)cc2)ccc1O. The summed E-state index contributed by atoms with van der Waals surface area (Å²) in [5.41, 5.74) is 1.69. The van der Waals surface area contributed by atoms with Crippen LogP contribution in [0.15, 0.2) is 42.5 Å². The van der Waals surface area contributed by atoms with Crippen molar-refractivity contribution in [1.29, 1.82) is 0 Å². The molecule has 3 unspecified atom stereocenters. The lowest BCUT2D eigenvalue weighted by Gasteiger charge is -2.21. The Morgan fingerprint density at radius 3 is 2.19 bits per heavy atom. The van der Waals surface area contributed by atoms with Crippen LogP contribution in [0.5, 0.6) is 17.2 Å². The van der Waals surface area contributed by atoms with Crippen LogP contribution in [0.2, 0.25) is 0 Å². The summed E-state index contributed by atoms with van der Waals surface area (Å²) >= 11 is 0. The maximum Gasteiger partial charge on any atom is 0.160 e. The number of rotatable bonds is 9. The Morgan fingerprint density at radius 1 is 0.885 bits per heavy atom. The second-order valence-corrected chi connectivity index (χ2v) is 6.44. The van der Waals surface area contributed by atoms with E-state index in [1.54, 1.807) is 24.3 Å². The molecule has 0 radical (unpaired) electrons. The van der Waals surface area contributed by atoms with Crippen molar-refractivity contribution in [2.24, 2.45) is 0 Å². The minimum Gasteiger partial charge on any atom is -0.508 e. The summed E-state index contributed by atoms with van der Waals surface area (Å²) < 4.78 is 5.05. The van der Waals surface area contributed by atoms with Gasteiger partial charge in [-0.3, -0.25) is 0 Å². The van der Waals surface area contributed by atoms with Gasteiger partial charge < -0.3 is 30.3 Å². The number of phenols is 2. The van der Waals surface area contributed by atoms with Gasteiger partial charge in [0.2, 0.25) is 0 Å². The van der Waals surface area contributed by atoms with Crippen LogP contribution < -0.4 is 4.74 Å². The fourth-order valence-electron chi connectivity index (χ4n) is 2.77. The summed E-state index contributed by atoms with van der Waals surface area (Å²) in [6, 6.07) is 11.4. The second-order valence-electron chi connectivity index (χ2n) is 6.44. The molecule has 6 heteroatoms. The van der Waals surface area contributed by atoms with Gasteiger partial charge in [0.15, 0.2) is 11.5 Å². The van der Waals surface area contributed by atoms with Gasteiger partial charge >= 0.3 is 0 Å². The van der Waals surface area contributed by atoms with Crippen molar-refractivity contribution < 1.29 is 30.3 Å². The lowest BCUT2D eigenvalue weighted by molar-refractivity contribution is -0.0128. The van der Waals surface area contributed by atoms with Crippen LogP contribution in [-0.2, 0) is 12.8 Å². The smallest absolute Gasteiger partial charge is 0.160 e. The molecule has 0 heterocycles. The van der Waals surface area contributed by atoms with Crippen molar-refractivity contribution in [2.75, 3.05) is 7.11 Å². The van der Waals surface area contributed by atoms with Crippen LogP contribution in [0.4, 0.5) is 0 Å². The molecule has 0 saturated heterocycles. The third-order valence-electron chi connectivity index (χ3n) is 4.35. The van der Waals surface area contributed by atoms with Gasteiger partial charge in [-0.05, 0) is 48.2 Å². The predicted octanol–water partition coefficient (Wildman–Crippen LogP) is 1.75. The van der Waals surface area contributed by atoms with Crippen molar-refractivity contribution in [3.8, 4) is 17.2 Å². The van der Waals surface area contributed by atoms with Crippen LogP contribution in [0.25, 0.3) is 0 Å². The first-order valence-corrected chi connectivity index (χ1v) is 8.57. The lowest BCUT2D eigenvalue weighted by atomic mass is 9.97.